The molecule has 2 N–H and O–H groups in total. The molecule has 132 valence electrons. The van der Waals surface area contributed by atoms with E-state index in [0.29, 0.717) is 17.2 Å². The number of imidazole rings is 1. The minimum atomic E-state index is -0.570. The van der Waals surface area contributed by atoms with Crippen LogP contribution in [0.3, 0.4) is 0 Å². The van der Waals surface area contributed by atoms with Crippen molar-refractivity contribution in [2.75, 3.05) is 6.61 Å². The van der Waals surface area contributed by atoms with Crippen molar-refractivity contribution in [2.24, 2.45) is 5.92 Å². The van der Waals surface area contributed by atoms with Crippen molar-refractivity contribution in [3.63, 3.8) is 0 Å². The maximum absolute atomic E-state index is 12.0. The van der Waals surface area contributed by atoms with E-state index in [1.54, 1.807) is 37.4 Å². The third-order valence-electron chi connectivity index (χ3n) is 4.37. The van der Waals surface area contributed by atoms with E-state index < -0.39 is 5.97 Å². The summed E-state index contributed by atoms with van der Waals surface area (Å²) in [5.74, 6) is -0.315. The largest absolute Gasteiger partial charge is 0.452 e. The quantitative estimate of drug-likeness (QED) is 0.778. The monoisotopic (exact) mass is 343 g/mol. The lowest BCUT2D eigenvalue weighted by Gasteiger charge is -2.12. The highest BCUT2D eigenvalue weighted by molar-refractivity contribution is 5.91. The van der Waals surface area contributed by atoms with Crippen molar-refractivity contribution in [1.82, 2.24) is 14.9 Å². The van der Waals surface area contributed by atoms with Crippen LogP contribution < -0.4 is 11.0 Å². The third-order valence-corrected chi connectivity index (χ3v) is 4.37. The molecule has 1 aromatic heterocycles. The number of esters is 1. The Bertz CT molecular complexity index is 831. The fraction of sp³-hybridized carbons (Fsp3) is 0.389. The van der Waals surface area contributed by atoms with Crippen LogP contribution in [0.25, 0.3) is 5.69 Å². The van der Waals surface area contributed by atoms with Crippen molar-refractivity contribution in [1.29, 1.82) is 0 Å². The summed E-state index contributed by atoms with van der Waals surface area (Å²) >= 11 is 0. The van der Waals surface area contributed by atoms with Crippen molar-refractivity contribution in [2.45, 2.75) is 32.7 Å². The Kier molecular flexibility index (Phi) is 4.74. The molecule has 0 spiro atoms. The van der Waals surface area contributed by atoms with Gasteiger partial charge in [0.25, 0.3) is 5.91 Å². The molecule has 3 rings (SSSR count). The van der Waals surface area contributed by atoms with E-state index >= 15 is 0 Å². The van der Waals surface area contributed by atoms with Gasteiger partial charge in [0.15, 0.2) is 6.61 Å². The summed E-state index contributed by atoms with van der Waals surface area (Å²) in [4.78, 5) is 38.2. The predicted octanol–water partition coefficient (Wildman–Crippen LogP) is 1.55. The number of hydrogen-bond acceptors (Lipinski definition) is 4. The number of aromatic amines is 1. The number of nitrogens with one attached hydrogen (secondary N) is 2. The lowest BCUT2D eigenvalue weighted by molar-refractivity contribution is -0.124. The van der Waals surface area contributed by atoms with Gasteiger partial charge in [-0.2, -0.15) is 0 Å². The van der Waals surface area contributed by atoms with E-state index in [0.717, 1.165) is 18.5 Å². The number of aryl methyl sites for hydroxylation is 1. The highest BCUT2D eigenvalue weighted by atomic mass is 16.5. The molecule has 0 unspecified atom stereocenters. The first-order valence-electron chi connectivity index (χ1n) is 8.29. The van der Waals surface area contributed by atoms with E-state index in [2.05, 4.69) is 10.3 Å². The molecule has 7 heteroatoms. The van der Waals surface area contributed by atoms with Crippen LogP contribution in [0.4, 0.5) is 0 Å². The van der Waals surface area contributed by atoms with Gasteiger partial charge in [0.1, 0.15) is 0 Å². The van der Waals surface area contributed by atoms with Crippen LogP contribution in [-0.4, -0.2) is 34.1 Å². The average Bonchev–Trinajstić information content (AvgIpc) is 3.39. The van der Waals surface area contributed by atoms with Gasteiger partial charge in [0.2, 0.25) is 0 Å². The summed E-state index contributed by atoms with van der Waals surface area (Å²) < 4.78 is 6.55. The van der Waals surface area contributed by atoms with E-state index in [9.17, 15) is 14.4 Å². The molecule has 1 saturated carbocycles. The van der Waals surface area contributed by atoms with Gasteiger partial charge in [-0.1, -0.05) is 0 Å². The second kappa shape index (κ2) is 6.96. The van der Waals surface area contributed by atoms with E-state index in [1.807, 2.05) is 6.92 Å². The Morgan fingerprint density at radius 1 is 1.32 bits per heavy atom. The summed E-state index contributed by atoms with van der Waals surface area (Å²) in [6.07, 6.45) is 3.89. The molecule has 25 heavy (non-hydrogen) atoms. The molecule has 0 bridgehead atoms. The molecule has 1 atom stereocenters. The normalized spacial score (nSPS) is 14.8. The summed E-state index contributed by atoms with van der Waals surface area (Å²) in [7, 11) is 0. The molecule has 2 aromatic rings. The lowest BCUT2D eigenvalue weighted by atomic mass is 10.2. The number of carbonyl (C=O) groups excluding carboxylic acids is 2. The topological polar surface area (TPSA) is 93.2 Å². The van der Waals surface area contributed by atoms with Gasteiger partial charge in [-0.05, 0) is 56.9 Å². The molecule has 1 amide bonds. The Morgan fingerprint density at radius 2 is 2.00 bits per heavy atom. The standard InChI is InChI=1S/C18H21N3O4/c1-11-9-19-18(24)21(11)15-7-5-14(6-8-15)17(23)25-10-16(22)20-12(2)13-3-4-13/h5-9,12-13H,3-4,10H2,1-2H3,(H,19,24)(H,20,22)/t12-/m1/s1. The van der Waals surface area contributed by atoms with Crippen molar-refractivity contribution in [3.8, 4) is 5.69 Å². The number of rotatable bonds is 6. The third kappa shape index (κ3) is 3.99. The van der Waals surface area contributed by atoms with Crippen LogP contribution in [0.2, 0.25) is 0 Å². The van der Waals surface area contributed by atoms with Crippen LogP contribution in [0, 0.1) is 12.8 Å². The second-order valence-corrected chi connectivity index (χ2v) is 6.39. The Morgan fingerprint density at radius 3 is 2.56 bits per heavy atom. The van der Waals surface area contributed by atoms with E-state index in [4.69, 9.17) is 4.74 Å². The molecule has 1 aliphatic carbocycles. The predicted molar refractivity (Wildman–Crippen MR) is 91.7 cm³/mol. The summed E-state index contributed by atoms with van der Waals surface area (Å²) in [6.45, 7) is 3.47. The second-order valence-electron chi connectivity index (χ2n) is 6.39. The molecule has 0 aliphatic heterocycles. The van der Waals surface area contributed by atoms with Gasteiger partial charge in [0, 0.05) is 17.9 Å². The van der Waals surface area contributed by atoms with E-state index in [1.165, 1.54) is 4.57 Å². The van der Waals surface area contributed by atoms with Gasteiger partial charge in [-0.25, -0.2) is 9.59 Å². The fourth-order valence-corrected chi connectivity index (χ4v) is 2.75. The maximum atomic E-state index is 12.0. The summed E-state index contributed by atoms with van der Waals surface area (Å²) in [5.41, 5.74) is 1.50. The number of amides is 1. The first-order valence-corrected chi connectivity index (χ1v) is 8.29. The van der Waals surface area contributed by atoms with Crippen LogP contribution >= 0.6 is 0 Å². The highest BCUT2D eigenvalue weighted by Gasteiger charge is 2.29. The first kappa shape index (κ1) is 17.0. The SMILES string of the molecule is Cc1c[nH]c(=O)n1-c1ccc(C(=O)OCC(=O)N[C@H](C)C2CC2)cc1. The van der Waals surface area contributed by atoms with Crippen molar-refractivity contribution < 1.29 is 14.3 Å². The molecular formula is C18H21N3O4. The van der Waals surface area contributed by atoms with Gasteiger partial charge in [-0.15, -0.1) is 0 Å². The molecule has 1 aliphatic rings. The van der Waals surface area contributed by atoms with Gasteiger partial charge >= 0.3 is 11.7 Å². The molecule has 1 heterocycles. The summed E-state index contributed by atoms with van der Waals surface area (Å²) in [6, 6.07) is 6.58. The number of nitrogens with zero attached hydrogens (tertiary/aromatic N) is 1. The Balaban J connectivity index is 1.57. The molecule has 1 fully saturated rings. The minimum Gasteiger partial charge on any atom is -0.452 e. The van der Waals surface area contributed by atoms with Gasteiger partial charge in [-0.3, -0.25) is 9.36 Å². The number of benzene rings is 1. The zero-order chi connectivity index (χ0) is 18.0. The van der Waals surface area contributed by atoms with Gasteiger partial charge in [0.05, 0.1) is 11.3 Å². The van der Waals surface area contributed by atoms with Crippen LogP contribution in [-0.2, 0) is 9.53 Å². The fourth-order valence-electron chi connectivity index (χ4n) is 2.75. The van der Waals surface area contributed by atoms with Crippen LogP contribution in [0.15, 0.2) is 35.3 Å². The summed E-state index contributed by atoms with van der Waals surface area (Å²) in [5, 5.41) is 2.83. The highest BCUT2D eigenvalue weighted by Crippen LogP contribution is 2.32. The number of H-pyrrole nitrogens is 1. The number of ether oxygens (including phenoxy) is 1. The number of aromatic nitrogens is 2. The molecular weight excluding hydrogens is 322 g/mol. The number of hydrogen-bond donors (Lipinski definition) is 2. The average molecular weight is 343 g/mol. The Labute approximate surface area is 145 Å². The van der Waals surface area contributed by atoms with Gasteiger partial charge < -0.3 is 15.0 Å². The zero-order valence-electron chi connectivity index (χ0n) is 14.2. The van der Waals surface area contributed by atoms with Crippen molar-refractivity contribution >= 4 is 11.9 Å². The molecule has 7 nitrogen and oxygen atoms in total. The Hall–Kier alpha value is -2.83. The first-order chi connectivity index (χ1) is 12.0. The smallest absolute Gasteiger partial charge is 0.338 e. The maximum Gasteiger partial charge on any atom is 0.338 e. The molecule has 1 aromatic carbocycles. The number of carbonyl (C=O) groups is 2. The van der Waals surface area contributed by atoms with Crippen LogP contribution in [0.1, 0.15) is 35.8 Å². The van der Waals surface area contributed by atoms with Crippen molar-refractivity contribution in [3.05, 3.63) is 52.2 Å². The van der Waals surface area contributed by atoms with E-state index in [-0.39, 0.29) is 24.2 Å². The lowest BCUT2D eigenvalue weighted by Crippen LogP contribution is -2.37. The van der Waals surface area contributed by atoms with Crippen LogP contribution in [0.5, 0.6) is 0 Å². The molecule has 0 saturated heterocycles. The minimum absolute atomic E-state index is 0.119. The molecule has 0 radical (unpaired) electrons. The zero-order valence-corrected chi connectivity index (χ0v) is 14.2.